The van der Waals surface area contributed by atoms with Crippen LogP contribution >= 0.6 is 11.3 Å². The summed E-state index contributed by atoms with van der Waals surface area (Å²) in [6, 6.07) is 14.1. The van der Waals surface area contributed by atoms with Crippen molar-refractivity contribution in [2.24, 2.45) is 0 Å². The van der Waals surface area contributed by atoms with Gasteiger partial charge in [0.15, 0.2) is 0 Å². The Balaban J connectivity index is 2.01. The van der Waals surface area contributed by atoms with Gasteiger partial charge in [0.1, 0.15) is 0 Å². The summed E-state index contributed by atoms with van der Waals surface area (Å²) >= 11 is 1.97. The molecule has 0 aliphatic heterocycles. The van der Waals surface area contributed by atoms with E-state index in [1.807, 2.05) is 11.3 Å². The molecular weight excluding hydrogens is 274 g/mol. The maximum atomic E-state index is 3.71. The minimum absolute atomic E-state index is 0.538. The Bertz CT molecular complexity index is 527. The summed E-state index contributed by atoms with van der Waals surface area (Å²) in [5.41, 5.74) is 2.77. The van der Waals surface area contributed by atoms with Gasteiger partial charge in [-0.3, -0.25) is 0 Å². The highest BCUT2D eigenvalue weighted by Gasteiger charge is 2.11. The Morgan fingerprint density at radius 3 is 2.29 bits per heavy atom. The van der Waals surface area contributed by atoms with Crippen LogP contribution in [0.2, 0.25) is 0 Å². The van der Waals surface area contributed by atoms with Gasteiger partial charge in [0.05, 0.1) is 0 Å². The lowest BCUT2D eigenvalue weighted by Crippen LogP contribution is -2.33. The zero-order valence-electron chi connectivity index (χ0n) is 13.5. The Hall–Kier alpha value is -1.12. The number of thiophene rings is 1. The molecule has 114 valence electrons. The van der Waals surface area contributed by atoms with Gasteiger partial charge in [0.2, 0.25) is 0 Å². The number of hydrogen-bond acceptors (Lipinski definition) is 2. The molecule has 1 nitrogen and oxygen atoms in total. The van der Waals surface area contributed by atoms with Crippen molar-refractivity contribution in [2.45, 2.75) is 52.5 Å². The van der Waals surface area contributed by atoms with Crippen LogP contribution in [0.4, 0.5) is 0 Å². The fourth-order valence-corrected chi connectivity index (χ4v) is 3.58. The molecule has 1 atom stereocenters. The van der Waals surface area contributed by atoms with E-state index >= 15 is 0 Å². The highest BCUT2D eigenvalue weighted by atomic mass is 32.1. The fourth-order valence-electron chi connectivity index (χ4n) is 2.54. The van der Waals surface area contributed by atoms with E-state index in [4.69, 9.17) is 0 Å². The molecule has 0 saturated heterocycles. The number of aryl methyl sites for hydroxylation is 2. The number of benzene rings is 1. The van der Waals surface area contributed by atoms with E-state index in [9.17, 15) is 0 Å². The van der Waals surface area contributed by atoms with Gasteiger partial charge in [-0.1, -0.05) is 43.7 Å². The molecular formula is C19H27NS. The molecule has 0 fully saturated rings. The van der Waals surface area contributed by atoms with Crippen LogP contribution in [-0.2, 0) is 19.3 Å². The molecule has 1 N–H and O–H groups in total. The first-order valence-electron chi connectivity index (χ1n) is 8.07. The first-order chi connectivity index (χ1) is 10.2. The lowest BCUT2D eigenvalue weighted by atomic mass is 10.0. The van der Waals surface area contributed by atoms with Crippen molar-refractivity contribution in [3.05, 3.63) is 57.3 Å². The van der Waals surface area contributed by atoms with Crippen molar-refractivity contribution >= 4 is 11.3 Å². The molecule has 0 aliphatic carbocycles. The zero-order chi connectivity index (χ0) is 15.1. The summed E-state index contributed by atoms with van der Waals surface area (Å²) in [6.45, 7) is 7.71. The maximum Gasteiger partial charge on any atom is 0.0156 e. The SMILES string of the molecule is CCCNC(Cc1ccc(C)cc1)Cc1ccc(CC)s1. The first kappa shape index (κ1) is 16.3. The third-order valence-corrected chi connectivity index (χ3v) is 5.05. The Kier molecular flexibility index (Phi) is 6.47. The lowest BCUT2D eigenvalue weighted by molar-refractivity contribution is 0.507. The standard InChI is InChI=1S/C19H27NS/c1-4-12-20-17(13-16-8-6-15(3)7-9-16)14-19-11-10-18(5-2)21-19/h6-11,17,20H,4-5,12-14H2,1-3H3. The van der Waals surface area contributed by atoms with Crippen molar-refractivity contribution in [3.63, 3.8) is 0 Å². The summed E-state index contributed by atoms with van der Waals surface area (Å²) in [6.07, 6.45) is 4.59. The Morgan fingerprint density at radius 1 is 0.952 bits per heavy atom. The van der Waals surface area contributed by atoms with E-state index in [-0.39, 0.29) is 0 Å². The first-order valence-corrected chi connectivity index (χ1v) is 8.89. The van der Waals surface area contributed by atoms with E-state index in [2.05, 4.69) is 62.5 Å². The van der Waals surface area contributed by atoms with Gasteiger partial charge < -0.3 is 5.32 Å². The van der Waals surface area contributed by atoms with Crippen LogP contribution in [-0.4, -0.2) is 12.6 Å². The molecule has 1 aromatic carbocycles. The van der Waals surface area contributed by atoms with Gasteiger partial charge in [0.25, 0.3) is 0 Å². The van der Waals surface area contributed by atoms with Crippen molar-refractivity contribution in [2.75, 3.05) is 6.54 Å². The number of rotatable bonds is 8. The molecule has 2 heteroatoms. The molecule has 2 aromatic rings. The third kappa shape index (κ3) is 5.29. The van der Waals surface area contributed by atoms with Crippen molar-refractivity contribution < 1.29 is 0 Å². The van der Waals surface area contributed by atoms with E-state index < -0.39 is 0 Å². The van der Waals surface area contributed by atoms with Crippen LogP contribution in [0.3, 0.4) is 0 Å². The highest BCUT2D eigenvalue weighted by molar-refractivity contribution is 7.11. The van der Waals surface area contributed by atoms with Crippen LogP contribution in [0.1, 0.15) is 41.1 Å². The maximum absolute atomic E-state index is 3.71. The average Bonchev–Trinajstić information content (AvgIpc) is 2.95. The molecule has 0 amide bonds. The van der Waals surface area contributed by atoms with Crippen molar-refractivity contribution in [1.29, 1.82) is 0 Å². The molecule has 0 radical (unpaired) electrons. The average molecular weight is 301 g/mol. The molecule has 1 unspecified atom stereocenters. The summed E-state index contributed by atoms with van der Waals surface area (Å²) in [7, 11) is 0. The predicted molar refractivity (Wildman–Crippen MR) is 94.4 cm³/mol. The molecule has 0 saturated carbocycles. The van der Waals surface area contributed by atoms with Crippen LogP contribution in [0.5, 0.6) is 0 Å². The second kappa shape index (κ2) is 8.35. The van der Waals surface area contributed by atoms with E-state index in [1.54, 1.807) is 0 Å². The largest absolute Gasteiger partial charge is 0.313 e. The molecule has 2 rings (SSSR count). The quantitative estimate of drug-likeness (QED) is 0.740. The molecule has 21 heavy (non-hydrogen) atoms. The number of nitrogens with one attached hydrogen (secondary N) is 1. The fraction of sp³-hybridized carbons (Fsp3) is 0.474. The van der Waals surface area contributed by atoms with Crippen LogP contribution in [0.15, 0.2) is 36.4 Å². The lowest BCUT2D eigenvalue weighted by Gasteiger charge is -2.18. The minimum atomic E-state index is 0.538. The second-order valence-corrected chi connectivity index (χ2v) is 7.02. The molecule has 0 aliphatic rings. The van der Waals surface area contributed by atoms with Crippen LogP contribution in [0, 0.1) is 6.92 Å². The monoisotopic (exact) mass is 301 g/mol. The summed E-state index contributed by atoms with van der Waals surface area (Å²) < 4.78 is 0. The molecule has 0 spiro atoms. The second-order valence-electron chi connectivity index (χ2n) is 5.77. The van der Waals surface area contributed by atoms with E-state index in [1.165, 1.54) is 27.3 Å². The van der Waals surface area contributed by atoms with Crippen LogP contribution in [0.25, 0.3) is 0 Å². The summed E-state index contributed by atoms with van der Waals surface area (Å²) in [5, 5.41) is 3.71. The van der Waals surface area contributed by atoms with Gasteiger partial charge in [-0.15, -0.1) is 11.3 Å². The highest BCUT2D eigenvalue weighted by Crippen LogP contribution is 2.19. The molecule has 1 heterocycles. The van der Waals surface area contributed by atoms with Gasteiger partial charge in [-0.25, -0.2) is 0 Å². The Morgan fingerprint density at radius 2 is 1.67 bits per heavy atom. The normalized spacial score (nSPS) is 12.5. The third-order valence-electron chi connectivity index (χ3n) is 3.80. The smallest absolute Gasteiger partial charge is 0.0156 e. The summed E-state index contributed by atoms with van der Waals surface area (Å²) in [5.74, 6) is 0. The van der Waals surface area contributed by atoms with Crippen LogP contribution < -0.4 is 5.32 Å². The zero-order valence-corrected chi connectivity index (χ0v) is 14.3. The van der Waals surface area contributed by atoms with Gasteiger partial charge >= 0.3 is 0 Å². The summed E-state index contributed by atoms with van der Waals surface area (Å²) in [4.78, 5) is 3.00. The predicted octanol–water partition coefficient (Wildman–Crippen LogP) is 4.77. The minimum Gasteiger partial charge on any atom is -0.313 e. The van der Waals surface area contributed by atoms with Gasteiger partial charge in [-0.05, 0) is 56.8 Å². The van der Waals surface area contributed by atoms with E-state index in [0.717, 1.165) is 25.8 Å². The molecule has 1 aromatic heterocycles. The van der Waals surface area contributed by atoms with E-state index in [0.29, 0.717) is 6.04 Å². The van der Waals surface area contributed by atoms with Crippen molar-refractivity contribution in [1.82, 2.24) is 5.32 Å². The van der Waals surface area contributed by atoms with Crippen molar-refractivity contribution in [3.8, 4) is 0 Å². The van der Waals surface area contributed by atoms with Gasteiger partial charge in [-0.2, -0.15) is 0 Å². The topological polar surface area (TPSA) is 12.0 Å². The molecule has 0 bridgehead atoms. The Labute approximate surface area is 133 Å². The number of hydrogen-bond donors (Lipinski definition) is 1. The van der Waals surface area contributed by atoms with Gasteiger partial charge in [0, 0.05) is 15.8 Å².